The Labute approximate surface area is 161 Å². The van der Waals surface area contributed by atoms with Gasteiger partial charge in [-0.15, -0.1) is 5.73 Å². The van der Waals surface area contributed by atoms with Crippen molar-refractivity contribution in [3.63, 3.8) is 0 Å². The van der Waals surface area contributed by atoms with Gasteiger partial charge in [0.1, 0.15) is 5.78 Å². The van der Waals surface area contributed by atoms with E-state index >= 15 is 0 Å². The van der Waals surface area contributed by atoms with E-state index in [-0.39, 0.29) is 17.7 Å². The number of unbranched alkanes of at least 4 members (excludes halogenated alkanes) is 3. The van der Waals surface area contributed by atoms with E-state index in [9.17, 15) is 9.59 Å². The molecule has 0 N–H and O–H groups in total. The van der Waals surface area contributed by atoms with Gasteiger partial charge < -0.3 is 4.74 Å². The monoisotopic (exact) mass is 364 g/mol. The number of Topliss-reactive ketones (excluding diaryl/α,β-unsaturated/α-hetero) is 1. The Morgan fingerprint density at radius 3 is 2.27 bits per heavy atom. The summed E-state index contributed by atoms with van der Waals surface area (Å²) in [7, 11) is 0. The summed E-state index contributed by atoms with van der Waals surface area (Å²) < 4.78 is 5.35. The lowest BCUT2D eigenvalue weighted by atomic mass is 9.90. The Balaban J connectivity index is 4.83. The third-order valence-electron chi connectivity index (χ3n) is 4.33. The fraction of sp³-hybridized carbons (Fsp3) is 0.783. The molecule has 0 aromatic carbocycles. The summed E-state index contributed by atoms with van der Waals surface area (Å²) >= 11 is 0. The molecule has 150 valence electrons. The van der Waals surface area contributed by atoms with Crippen LogP contribution in [0.15, 0.2) is 17.4 Å². The minimum absolute atomic E-state index is 0.1000. The summed E-state index contributed by atoms with van der Waals surface area (Å²) in [6.45, 7) is 13.9. The molecule has 0 aliphatic rings. The van der Waals surface area contributed by atoms with Crippen LogP contribution < -0.4 is 0 Å². The van der Waals surface area contributed by atoms with Crippen LogP contribution in [-0.2, 0) is 14.3 Å². The highest BCUT2D eigenvalue weighted by Gasteiger charge is 2.24. The van der Waals surface area contributed by atoms with Gasteiger partial charge >= 0.3 is 5.97 Å². The molecule has 0 spiro atoms. The number of carbonyl (C=O) groups is 2. The fourth-order valence-corrected chi connectivity index (χ4v) is 2.54. The molecule has 0 aromatic heterocycles. The topological polar surface area (TPSA) is 43.4 Å². The Bertz CT molecular complexity index is 488. The predicted octanol–water partition coefficient (Wildman–Crippen LogP) is 6.27. The van der Waals surface area contributed by atoms with Crippen molar-refractivity contribution in [2.75, 3.05) is 6.61 Å². The molecular formula is C23H40O3. The Morgan fingerprint density at radius 2 is 1.77 bits per heavy atom. The first-order valence-corrected chi connectivity index (χ1v) is 10.2. The SMILES string of the molecule is CCCCCCC(=C=CC(C)C)C[C@H](CCOC(=O)C(C)(C)C)C(C)=O. The van der Waals surface area contributed by atoms with Crippen LogP contribution in [0.25, 0.3) is 0 Å². The highest BCUT2D eigenvalue weighted by molar-refractivity contribution is 5.78. The second-order valence-electron chi connectivity index (χ2n) is 8.66. The summed E-state index contributed by atoms with van der Waals surface area (Å²) in [5.41, 5.74) is 4.15. The molecule has 0 rings (SSSR count). The van der Waals surface area contributed by atoms with E-state index in [0.717, 1.165) is 19.3 Å². The maximum absolute atomic E-state index is 12.1. The first-order valence-electron chi connectivity index (χ1n) is 10.2. The van der Waals surface area contributed by atoms with E-state index in [4.69, 9.17) is 4.74 Å². The van der Waals surface area contributed by atoms with E-state index in [0.29, 0.717) is 18.9 Å². The number of hydrogen-bond donors (Lipinski definition) is 0. The van der Waals surface area contributed by atoms with E-state index in [2.05, 4.69) is 32.6 Å². The van der Waals surface area contributed by atoms with E-state index in [1.807, 2.05) is 20.8 Å². The fourth-order valence-electron chi connectivity index (χ4n) is 2.54. The number of ether oxygens (including phenoxy) is 1. The van der Waals surface area contributed by atoms with Crippen molar-refractivity contribution in [2.45, 2.75) is 93.4 Å². The molecule has 0 saturated heterocycles. The number of allylic oxidation sites excluding steroid dienone is 1. The zero-order chi connectivity index (χ0) is 20.2. The highest BCUT2D eigenvalue weighted by Crippen LogP contribution is 2.22. The third-order valence-corrected chi connectivity index (χ3v) is 4.33. The maximum Gasteiger partial charge on any atom is 0.311 e. The molecule has 0 heterocycles. The standard InChI is InChI=1S/C23H40O3/c1-8-9-10-11-12-20(14-13-18(2)3)17-21(19(4)24)15-16-26-22(25)23(5,6)7/h13,18,21H,8-12,15-17H2,1-7H3/t14?,21-/m0/s1. The summed E-state index contributed by atoms with van der Waals surface area (Å²) in [5.74, 6) is 0.296. The first-order chi connectivity index (χ1) is 12.1. The number of esters is 1. The van der Waals surface area contributed by atoms with Crippen molar-refractivity contribution in [3.05, 3.63) is 17.4 Å². The lowest BCUT2D eigenvalue weighted by Crippen LogP contribution is -2.24. The van der Waals surface area contributed by atoms with Gasteiger partial charge in [0.05, 0.1) is 12.0 Å². The van der Waals surface area contributed by atoms with Crippen LogP contribution in [-0.4, -0.2) is 18.4 Å². The van der Waals surface area contributed by atoms with Gasteiger partial charge in [-0.25, -0.2) is 0 Å². The van der Waals surface area contributed by atoms with Gasteiger partial charge in [0, 0.05) is 5.92 Å². The highest BCUT2D eigenvalue weighted by atomic mass is 16.5. The van der Waals surface area contributed by atoms with Gasteiger partial charge in [-0.2, -0.15) is 0 Å². The second kappa shape index (κ2) is 12.9. The van der Waals surface area contributed by atoms with E-state index < -0.39 is 5.41 Å². The minimum Gasteiger partial charge on any atom is -0.465 e. The molecule has 0 aromatic rings. The molecule has 0 unspecified atom stereocenters. The molecule has 0 bridgehead atoms. The van der Waals surface area contributed by atoms with Crippen LogP contribution in [0, 0.1) is 17.3 Å². The van der Waals surface area contributed by atoms with Crippen LogP contribution in [0.2, 0.25) is 0 Å². The lowest BCUT2D eigenvalue weighted by Gasteiger charge is -2.19. The van der Waals surface area contributed by atoms with Crippen molar-refractivity contribution in [1.29, 1.82) is 0 Å². The number of carbonyl (C=O) groups excluding carboxylic acids is 2. The van der Waals surface area contributed by atoms with Crippen LogP contribution >= 0.6 is 0 Å². The summed E-state index contributed by atoms with van der Waals surface area (Å²) in [6.07, 6.45) is 9.22. The average Bonchev–Trinajstić information content (AvgIpc) is 2.53. The smallest absolute Gasteiger partial charge is 0.311 e. The second-order valence-corrected chi connectivity index (χ2v) is 8.66. The van der Waals surface area contributed by atoms with Crippen molar-refractivity contribution < 1.29 is 14.3 Å². The van der Waals surface area contributed by atoms with Gasteiger partial charge in [0.25, 0.3) is 0 Å². The quantitative estimate of drug-likeness (QED) is 0.233. The molecule has 0 amide bonds. The molecule has 0 fully saturated rings. The normalized spacial score (nSPS) is 12.5. The molecule has 1 atom stereocenters. The Morgan fingerprint density at radius 1 is 1.12 bits per heavy atom. The molecule has 3 heteroatoms. The van der Waals surface area contributed by atoms with Crippen molar-refractivity contribution >= 4 is 11.8 Å². The molecule has 0 aliphatic carbocycles. The van der Waals surface area contributed by atoms with Crippen molar-refractivity contribution in [1.82, 2.24) is 0 Å². The predicted molar refractivity (Wildman–Crippen MR) is 109 cm³/mol. The summed E-state index contributed by atoms with van der Waals surface area (Å²) in [4.78, 5) is 24.0. The van der Waals surface area contributed by atoms with Gasteiger partial charge in [0.15, 0.2) is 0 Å². The summed E-state index contributed by atoms with van der Waals surface area (Å²) in [5, 5.41) is 0. The molecular weight excluding hydrogens is 324 g/mol. The van der Waals surface area contributed by atoms with E-state index in [1.54, 1.807) is 6.92 Å². The molecule has 3 nitrogen and oxygen atoms in total. The van der Waals surface area contributed by atoms with Crippen LogP contribution in [0.3, 0.4) is 0 Å². The molecule has 0 saturated carbocycles. The number of rotatable bonds is 12. The Hall–Kier alpha value is -1.34. The molecule has 26 heavy (non-hydrogen) atoms. The third kappa shape index (κ3) is 12.1. The minimum atomic E-state index is -0.504. The average molecular weight is 365 g/mol. The van der Waals surface area contributed by atoms with Gasteiger partial charge in [0.2, 0.25) is 0 Å². The van der Waals surface area contributed by atoms with Crippen molar-refractivity contribution in [2.24, 2.45) is 17.3 Å². The zero-order valence-corrected chi connectivity index (χ0v) is 18.1. The van der Waals surface area contributed by atoms with Crippen molar-refractivity contribution in [3.8, 4) is 0 Å². The van der Waals surface area contributed by atoms with Crippen LogP contribution in [0.5, 0.6) is 0 Å². The van der Waals surface area contributed by atoms with Gasteiger partial charge in [-0.05, 0) is 70.9 Å². The largest absolute Gasteiger partial charge is 0.465 e. The molecule has 0 aliphatic heterocycles. The first kappa shape index (κ1) is 24.7. The Kier molecular flexibility index (Phi) is 12.3. The zero-order valence-electron chi connectivity index (χ0n) is 18.1. The van der Waals surface area contributed by atoms with Gasteiger partial charge in [-0.1, -0.05) is 40.0 Å². The number of ketones is 1. The summed E-state index contributed by atoms with van der Waals surface area (Å²) in [6, 6.07) is 0. The molecule has 0 radical (unpaired) electrons. The van der Waals surface area contributed by atoms with Gasteiger partial charge in [-0.3, -0.25) is 9.59 Å². The van der Waals surface area contributed by atoms with Crippen LogP contribution in [0.4, 0.5) is 0 Å². The maximum atomic E-state index is 12.1. The number of hydrogen-bond acceptors (Lipinski definition) is 3. The lowest BCUT2D eigenvalue weighted by molar-refractivity contribution is -0.153. The van der Waals surface area contributed by atoms with Crippen LogP contribution in [0.1, 0.15) is 93.4 Å². The van der Waals surface area contributed by atoms with E-state index in [1.165, 1.54) is 24.8 Å².